The van der Waals surface area contributed by atoms with Crippen LogP contribution < -0.4 is 0 Å². The lowest BCUT2D eigenvalue weighted by atomic mass is 9.93. The lowest BCUT2D eigenvalue weighted by molar-refractivity contribution is -0.0975. The summed E-state index contributed by atoms with van der Waals surface area (Å²) in [6, 6.07) is 0. The Morgan fingerprint density at radius 2 is 2.25 bits per heavy atom. The van der Waals surface area contributed by atoms with Gasteiger partial charge in [0.05, 0.1) is 17.5 Å². The summed E-state index contributed by atoms with van der Waals surface area (Å²) >= 11 is 0. The van der Waals surface area contributed by atoms with Gasteiger partial charge in [0.15, 0.2) is 0 Å². The molecule has 1 N–H and O–H groups in total. The van der Waals surface area contributed by atoms with Crippen molar-refractivity contribution in [3.63, 3.8) is 0 Å². The fourth-order valence-corrected chi connectivity index (χ4v) is 1.63. The molecule has 5 heteroatoms. The van der Waals surface area contributed by atoms with E-state index >= 15 is 0 Å². The number of methoxy groups -OCH3 is 1. The van der Waals surface area contributed by atoms with Crippen LogP contribution in [0.3, 0.4) is 0 Å². The Hall–Kier alpha value is -0.940. The molecular formula is C11H21N3O2. The van der Waals surface area contributed by atoms with Gasteiger partial charge in [0.2, 0.25) is 0 Å². The van der Waals surface area contributed by atoms with Crippen molar-refractivity contribution in [1.82, 2.24) is 15.0 Å². The van der Waals surface area contributed by atoms with Crippen molar-refractivity contribution in [3.05, 3.63) is 11.9 Å². The fourth-order valence-electron chi connectivity index (χ4n) is 1.63. The molecular weight excluding hydrogens is 206 g/mol. The van der Waals surface area contributed by atoms with Crippen molar-refractivity contribution in [3.8, 4) is 0 Å². The van der Waals surface area contributed by atoms with Gasteiger partial charge in [-0.05, 0) is 19.8 Å². The molecule has 1 aromatic rings. The largest absolute Gasteiger partial charge is 0.384 e. The summed E-state index contributed by atoms with van der Waals surface area (Å²) in [6.07, 6.45) is 2.58. The van der Waals surface area contributed by atoms with Gasteiger partial charge >= 0.3 is 0 Å². The molecule has 92 valence electrons. The van der Waals surface area contributed by atoms with Gasteiger partial charge in [-0.15, -0.1) is 5.10 Å². The van der Waals surface area contributed by atoms with E-state index in [1.807, 2.05) is 13.8 Å². The average Bonchev–Trinajstić information content (AvgIpc) is 2.75. The Labute approximate surface area is 96.4 Å². The minimum absolute atomic E-state index is 0.590. The molecule has 0 aliphatic heterocycles. The van der Waals surface area contributed by atoms with E-state index in [-0.39, 0.29) is 0 Å². The average molecular weight is 227 g/mol. The number of hydrogen-bond donors (Lipinski definition) is 1. The second-order valence-corrected chi connectivity index (χ2v) is 4.15. The predicted molar refractivity (Wildman–Crippen MR) is 61.0 cm³/mol. The minimum Gasteiger partial charge on any atom is -0.384 e. The number of nitrogens with zero attached hydrogens (tertiary/aromatic N) is 3. The zero-order valence-electron chi connectivity index (χ0n) is 10.5. The molecule has 2 unspecified atom stereocenters. The predicted octanol–water partition coefficient (Wildman–Crippen LogP) is 1.54. The molecule has 0 saturated carbocycles. The van der Waals surface area contributed by atoms with Gasteiger partial charge in [-0.2, -0.15) is 0 Å². The Balaban J connectivity index is 2.94. The molecule has 0 saturated heterocycles. The number of aliphatic hydroxyl groups is 1. The summed E-state index contributed by atoms with van der Waals surface area (Å²) in [7, 11) is 1.61. The third-order valence-electron chi connectivity index (χ3n) is 3.11. The van der Waals surface area contributed by atoms with Crippen LogP contribution in [0.1, 0.15) is 45.4 Å². The van der Waals surface area contributed by atoms with Crippen LogP contribution in [0.15, 0.2) is 6.20 Å². The molecule has 0 aliphatic rings. The summed E-state index contributed by atoms with van der Waals surface area (Å²) in [5, 5.41) is 18.1. The standard InChI is InChI=1S/C11H21N3O2/c1-5-7-14-9(8-12-13-14)10(15)11(3,6-2)16-4/h8,10,15H,5-7H2,1-4H3. The number of ether oxygens (including phenoxy) is 1. The first-order chi connectivity index (χ1) is 7.59. The summed E-state index contributed by atoms with van der Waals surface area (Å²) < 4.78 is 7.12. The fraction of sp³-hybridized carbons (Fsp3) is 0.818. The molecule has 0 aliphatic carbocycles. The lowest BCUT2D eigenvalue weighted by Gasteiger charge is -2.32. The number of aromatic nitrogens is 3. The van der Waals surface area contributed by atoms with Crippen LogP contribution in [0.25, 0.3) is 0 Å². The van der Waals surface area contributed by atoms with Gasteiger partial charge in [-0.1, -0.05) is 19.1 Å². The molecule has 1 aromatic heterocycles. The first-order valence-electron chi connectivity index (χ1n) is 5.70. The highest BCUT2D eigenvalue weighted by Gasteiger charge is 2.34. The molecule has 1 rings (SSSR count). The van der Waals surface area contributed by atoms with Gasteiger partial charge in [0, 0.05) is 13.7 Å². The maximum absolute atomic E-state index is 10.3. The van der Waals surface area contributed by atoms with Gasteiger partial charge < -0.3 is 9.84 Å². The highest BCUT2D eigenvalue weighted by atomic mass is 16.5. The van der Waals surface area contributed by atoms with E-state index in [1.165, 1.54) is 0 Å². The number of rotatable bonds is 6. The van der Waals surface area contributed by atoms with Crippen LogP contribution in [0.2, 0.25) is 0 Å². The van der Waals surface area contributed by atoms with Crippen molar-refractivity contribution >= 4 is 0 Å². The van der Waals surface area contributed by atoms with Crippen LogP contribution in [-0.2, 0) is 11.3 Å². The molecule has 0 aromatic carbocycles. The summed E-state index contributed by atoms with van der Waals surface area (Å²) in [5.74, 6) is 0. The SMILES string of the molecule is CCCn1nncc1C(O)C(C)(CC)OC. The normalized spacial score (nSPS) is 17.1. The molecule has 0 radical (unpaired) electrons. The number of aliphatic hydroxyl groups excluding tert-OH is 1. The molecule has 0 amide bonds. The molecule has 2 atom stereocenters. The quantitative estimate of drug-likeness (QED) is 0.800. The monoisotopic (exact) mass is 227 g/mol. The van der Waals surface area contributed by atoms with Gasteiger partial charge in [-0.25, -0.2) is 4.68 Å². The van der Waals surface area contributed by atoms with Crippen LogP contribution in [0, 0.1) is 0 Å². The Bertz CT molecular complexity index is 321. The Kier molecular flexibility index (Phi) is 4.44. The Morgan fingerprint density at radius 3 is 2.75 bits per heavy atom. The van der Waals surface area contributed by atoms with Crippen LogP contribution in [-0.4, -0.2) is 32.8 Å². The van der Waals surface area contributed by atoms with Crippen molar-refractivity contribution in [2.75, 3.05) is 7.11 Å². The lowest BCUT2D eigenvalue weighted by Crippen LogP contribution is -2.35. The topological polar surface area (TPSA) is 60.2 Å². The first-order valence-corrected chi connectivity index (χ1v) is 5.70. The van der Waals surface area contributed by atoms with Crippen LogP contribution >= 0.6 is 0 Å². The van der Waals surface area contributed by atoms with Crippen molar-refractivity contribution in [1.29, 1.82) is 0 Å². The van der Waals surface area contributed by atoms with E-state index in [0.717, 1.165) is 19.4 Å². The van der Waals surface area contributed by atoms with E-state index in [9.17, 15) is 5.11 Å². The molecule has 16 heavy (non-hydrogen) atoms. The summed E-state index contributed by atoms with van der Waals surface area (Å²) in [5.41, 5.74) is 0.126. The van der Waals surface area contributed by atoms with E-state index in [2.05, 4.69) is 17.2 Å². The van der Waals surface area contributed by atoms with E-state index < -0.39 is 11.7 Å². The second-order valence-electron chi connectivity index (χ2n) is 4.15. The number of aryl methyl sites for hydroxylation is 1. The first kappa shape index (κ1) is 13.1. The van der Waals surface area contributed by atoms with Crippen molar-refractivity contribution < 1.29 is 9.84 Å². The zero-order valence-corrected chi connectivity index (χ0v) is 10.5. The van der Waals surface area contributed by atoms with Gasteiger partial charge in [-0.3, -0.25) is 0 Å². The minimum atomic E-state index is -0.705. The van der Waals surface area contributed by atoms with E-state index in [4.69, 9.17) is 4.74 Å². The van der Waals surface area contributed by atoms with Crippen LogP contribution in [0.4, 0.5) is 0 Å². The molecule has 1 heterocycles. The maximum Gasteiger partial charge on any atom is 0.126 e. The second kappa shape index (κ2) is 5.41. The van der Waals surface area contributed by atoms with Gasteiger partial charge in [0.1, 0.15) is 6.10 Å². The van der Waals surface area contributed by atoms with Crippen molar-refractivity contribution in [2.45, 2.75) is 51.9 Å². The summed E-state index contributed by atoms with van der Waals surface area (Å²) in [4.78, 5) is 0. The highest BCUT2D eigenvalue weighted by Crippen LogP contribution is 2.30. The van der Waals surface area contributed by atoms with E-state index in [0.29, 0.717) is 5.69 Å². The van der Waals surface area contributed by atoms with Crippen molar-refractivity contribution in [2.24, 2.45) is 0 Å². The summed E-state index contributed by atoms with van der Waals surface area (Å²) in [6.45, 7) is 6.70. The zero-order chi connectivity index (χ0) is 12.2. The van der Waals surface area contributed by atoms with Gasteiger partial charge in [0.25, 0.3) is 0 Å². The highest BCUT2D eigenvalue weighted by molar-refractivity contribution is 5.05. The van der Waals surface area contributed by atoms with Crippen LogP contribution in [0.5, 0.6) is 0 Å². The Morgan fingerprint density at radius 1 is 1.56 bits per heavy atom. The molecule has 5 nitrogen and oxygen atoms in total. The maximum atomic E-state index is 10.3. The molecule has 0 fully saturated rings. The van der Waals surface area contributed by atoms with E-state index in [1.54, 1.807) is 18.0 Å². The molecule has 0 spiro atoms. The number of hydrogen-bond acceptors (Lipinski definition) is 4. The third-order valence-corrected chi connectivity index (χ3v) is 3.11. The third kappa shape index (κ3) is 2.41. The molecule has 0 bridgehead atoms. The smallest absolute Gasteiger partial charge is 0.126 e.